The van der Waals surface area contributed by atoms with Gasteiger partial charge < -0.3 is 77.9 Å². The Labute approximate surface area is 378 Å². The van der Waals surface area contributed by atoms with Crippen molar-refractivity contribution in [1.29, 1.82) is 0 Å². The molecule has 0 saturated carbocycles. The van der Waals surface area contributed by atoms with Gasteiger partial charge in [0.05, 0.1) is 55.2 Å². The van der Waals surface area contributed by atoms with E-state index in [-0.39, 0.29) is 31.7 Å². The SMILES string of the molecule is CCC1OC(=O)CC(O)C(C)C(OC2OC(C)C(OC3CC(C)(O)C(O)C(C)O3)C(N(C)C)C2O)C(CC=O)CC(C)C(=O)/C=C/C(C)=C/C1COC1OC(C)C(O)C(OC)C1OC. The molecule has 21 atom stereocenters. The summed E-state index contributed by atoms with van der Waals surface area (Å²) < 4.78 is 54.7. The number of likely N-dealkylation sites (N-methyl/N-ethyl adjacent to an activating group) is 1. The first kappa shape index (κ1) is 54.3. The Morgan fingerprint density at radius 3 is 2.11 bits per heavy atom. The Bertz CT molecular complexity index is 1560. The second-order valence-electron chi connectivity index (χ2n) is 18.7. The Balaban J connectivity index is 1.62. The van der Waals surface area contributed by atoms with Crippen LogP contribution in [0.4, 0.5) is 0 Å². The maximum atomic E-state index is 13.8. The first-order valence-corrected chi connectivity index (χ1v) is 22.7. The third kappa shape index (κ3) is 13.5. The molecule has 368 valence electrons. The summed E-state index contributed by atoms with van der Waals surface area (Å²) in [5.74, 6) is -3.59. The number of carbonyl (C=O) groups excluding carboxylic acids is 3. The summed E-state index contributed by atoms with van der Waals surface area (Å²) in [5.41, 5.74) is -0.806. The van der Waals surface area contributed by atoms with E-state index in [1.807, 2.05) is 19.9 Å². The van der Waals surface area contributed by atoms with Gasteiger partial charge >= 0.3 is 5.97 Å². The van der Waals surface area contributed by atoms with Crippen LogP contribution >= 0.6 is 0 Å². The summed E-state index contributed by atoms with van der Waals surface area (Å²) >= 11 is 0. The van der Waals surface area contributed by atoms with Crippen LogP contribution in [0.3, 0.4) is 0 Å². The number of carbonyl (C=O) groups is 3. The zero-order valence-corrected chi connectivity index (χ0v) is 39.7. The van der Waals surface area contributed by atoms with E-state index in [2.05, 4.69) is 0 Å². The lowest BCUT2D eigenvalue weighted by atomic mass is 9.79. The molecule has 4 aliphatic rings. The van der Waals surface area contributed by atoms with Crippen molar-refractivity contribution >= 4 is 18.0 Å². The van der Waals surface area contributed by atoms with Crippen molar-refractivity contribution in [3.63, 3.8) is 0 Å². The number of aldehydes is 1. The van der Waals surface area contributed by atoms with Gasteiger partial charge in [-0.1, -0.05) is 38.5 Å². The molecule has 0 aromatic heterocycles. The van der Waals surface area contributed by atoms with Gasteiger partial charge in [-0.2, -0.15) is 0 Å². The number of aliphatic hydroxyl groups is 5. The number of allylic oxidation sites excluding steroid dienone is 3. The van der Waals surface area contributed by atoms with E-state index in [0.29, 0.717) is 12.0 Å². The third-order valence-corrected chi connectivity index (χ3v) is 13.4. The number of ketones is 1. The fourth-order valence-electron chi connectivity index (χ4n) is 9.51. The number of nitrogens with zero attached hydrogens (tertiary/aromatic N) is 1. The van der Waals surface area contributed by atoms with E-state index in [0.717, 1.165) is 6.29 Å². The minimum atomic E-state index is -1.49. The summed E-state index contributed by atoms with van der Waals surface area (Å²) in [7, 11) is 6.43. The molecule has 5 N–H and O–H groups in total. The smallest absolute Gasteiger partial charge is 0.308 e. The molecule has 18 nitrogen and oxygen atoms in total. The van der Waals surface area contributed by atoms with E-state index < -0.39 is 140 Å². The highest BCUT2D eigenvalue weighted by Crippen LogP contribution is 2.37. The van der Waals surface area contributed by atoms with Gasteiger partial charge in [0.2, 0.25) is 0 Å². The minimum absolute atomic E-state index is 0.00788. The van der Waals surface area contributed by atoms with E-state index in [1.54, 1.807) is 59.7 Å². The van der Waals surface area contributed by atoms with Gasteiger partial charge in [-0.05, 0) is 73.5 Å². The zero-order chi connectivity index (χ0) is 47.8. The number of methoxy groups -OCH3 is 2. The molecular formula is C46H77NO17. The molecule has 0 bridgehead atoms. The van der Waals surface area contributed by atoms with Gasteiger partial charge in [0.15, 0.2) is 24.7 Å². The minimum Gasteiger partial charge on any atom is -0.462 e. The Kier molecular flexibility index (Phi) is 20.5. The highest BCUT2D eigenvalue weighted by molar-refractivity contribution is 5.91. The van der Waals surface area contributed by atoms with Crippen molar-refractivity contribution in [2.75, 3.05) is 34.9 Å². The predicted octanol–water partition coefficient (Wildman–Crippen LogP) is 1.83. The van der Waals surface area contributed by atoms with Crippen LogP contribution < -0.4 is 0 Å². The van der Waals surface area contributed by atoms with E-state index in [9.17, 15) is 39.9 Å². The molecule has 18 heteroatoms. The first-order valence-electron chi connectivity index (χ1n) is 22.7. The zero-order valence-electron chi connectivity index (χ0n) is 39.7. The van der Waals surface area contributed by atoms with Crippen molar-refractivity contribution in [1.82, 2.24) is 4.90 Å². The summed E-state index contributed by atoms with van der Waals surface area (Å²) in [6.07, 6.45) is -8.49. The number of rotatable bonds is 13. The molecule has 4 heterocycles. The van der Waals surface area contributed by atoms with Crippen LogP contribution in [-0.4, -0.2) is 187 Å². The largest absolute Gasteiger partial charge is 0.462 e. The van der Waals surface area contributed by atoms with Gasteiger partial charge in [0.25, 0.3) is 0 Å². The number of hydrogen-bond acceptors (Lipinski definition) is 18. The van der Waals surface area contributed by atoms with Crippen molar-refractivity contribution in [2.24, 2.45) is 23.7 Å². The normalized spacial score (nSPS) is 45.9. The molecule has 0 aliphatic carbocycles. The molecule has 3 saturated heterocycles. The average molecular weight is 916 g/mol. The highest BCUT2D eigenvalue weighted by atomic mass is 16.7. The fraction of sp³-hybridized carbons (Fsp3) is 0.848. The highest BCUT2D eigenvalue weighted by Gasteiger charge is 2.52. The van der Waals surface area contributed by atoms with Crippen LogP contribution in [0.5, 0.6) is 0 Å². The van der Waals surface area contributed by atoms with Crippen molar-refractivity contribution in [2.45, 2.75) is 191 Å². The predicted molar refractivity (Wildman–Crippen MR) is 230 cm³/mol. The van der Waals surface area contributed by atoms with Gasteiger partial charge in [-0.15, -0.1) is 0 Å². The second-order valence-corrected chi connectivity index (χ2v) is 18.7. The van der Waals surface area contributed by atoms with Crippen LogP contribution in [0.25, 0.3) is 0 Å². The molecule has 0 spiro atoms. The number of ether oxygens (including phenoxy) is 9. The number of esters is 1. The van der Waals surface area contributed by atoms with Gasteiger partial charge in [0, 0.05) is 44.8 Å². The van der Waals surface area contributed by atoms with E-state index in [4.69, 9.17) is 42.6 Å². The van der Waals surface area contributed by atoms with Gasteiger partial charge in [0.1, 0.15) is 49.0 Å². The van der Waals surface area contributed by atoms with E-state index >= 15 is 0 Å². The lowest BCUT2D eigenvalue weighted by Crippen LogP contribution is -2.65. The molecule has 64 heavy (non-hydrogen) atoms. The summed E-state index contributed by atoms with van der Waals surface area (Å²) in [4.78, 5) is 41.5. The molecule has 4 aliphatic heterocycles. The summed E-state index contributed by atoms with van der Waals surface area (Å²) in [6, 6.07) is -0.748. The molecule has 4 rings (SSSR count). The maximum Gasteiger partial charge on any atom is 0.308 e. The lowest BCUT2D eigenvalue weighted by Gasteiger charge is -2.50. The first-order chi connectivity index (χ1) is 30.1. The molecule has 21 unspecified atom stereocenters. The van der Waals surface area contributed by atoms with Gasteiger partial charge in [-0.25, -0.2) is 0 Å². The monoisotopic (exact) mass is 916 g/mol. The van der Waals surface area contributed by atoms with Crippen LogP contribution in [0.2, 0.25) is 0 Å². The van der Waals surface area contributed by atoms with Crippen LogP contribution in [-0.2, 0) is 57.0 Å². The second kappa shape index (κ2) is 24.1. The quantitative estimate of drug-likeness (QED) is 0.131. The third-order valence-electron chi connectivity index (χ3n) is 13.4. The average Bonchev–Trinajstić information content (AvgIpc) is 3.23. The Morgan fingerprint density at radius 1 is 0.859 bits per heavy atom. The molecule has 3 fully saturated rings. The topological polar surface area (TPSA) is 239 Å². The number of aliphatic hydroxyl groups excluding tert-OH is 4. The van der Waals surface area contributed by atoms with E-state index in [1.165, 1.54) is 27.2 Å². The summed E-state index contributed by atoms with van der Waals surface area (Å²) in [5, 5.41) is 55.8. The molecular weight excluding hydrogens is 838 g/mol. The molecule has 0 radical (unpaired) electrons. The van der Waals surface area contributed by atoms with Crippen molar-refractivity contribution in [3.8, 4) is 0 Å². The van der Waals surface area contributed by atoms with Gasteiger partial charge in [-0.3, -0.25) is 9.59 Å². The molecule has 0 aromatic rings. The fourth-order valence-corrected chi connectivity index (χ4v) is 9.51. The maximum absolute atomic E-state index is 13.8. The Morgan fingerprint density at radius 2 is 1.52 bits per heavy atom. The molecule has 0 aromatic carbocycles. The number of hydrogen-bond donors (Lipinski definition) is 5. The Hall–Kier alpha value is -2.27. The lowest BCUT2D eigenvalue weighted by molar-refractivity contribution is -0.341. The molecule has 0 amide bonds. The van der Waals surface area contributed by atoms with Crippen molar-refractivity contribution in [3.05, 3.63) is 23.8 Å². The van der Waals surface area contributed by atoms with Crippen molar-refractivity contribution < 1.29 is 82.5 Å². The standard InChI is InChI=1S/C46H77NO17/c1-13-33-30(22-58-45-42(57-12)41(56-11)37(52)26(5)60-45)18-23(2)14-15-31(49)24(3)19-29(16-17-48)39(25(4)32(50)20-34(51)62-33)64-44-38(53)36(47(9)10)40(27(6)61-44)63-35-21-46(8,55)43(54)28(7)59-35/h14-15,17-18,24-30,32-33,35-45,50,52-55H,13,16,19-22H2,1-12H3/b15-14+,23-18+. The van der Waals surface area contributed by atoms with Crippen LogP contribution in [0.15, 0.2) is 23.8 Å². The summed E-state index contributed by atoms with van der Waals surface area (Å²) in [6.45, 7) is 13.6. The van der Waals surface area contributed by atoms with Crippen LogP contribution in [0, 0.1) is 23.7 Å². The number of cyclic esters (lactones) is 1. The van der Waals surface area contributed by atoms with Crippen LogP contribution in [0.1, 0.15) is 87.5 Å².